The first-order valence-electron chi connectivity index (χ1n) is 6.03. The van der Waals surface area contributed by atoms with Crippen molar-refractivity contribution in [1.82, 2.24) is 10.3 Å². The summed E-state index contributed by atoms with van der Waals surface area (Å²) in [5, 5.41) is 3.35. The third kappa shape index (κ3) is 2.37. The molecule has 0 atom stereocenters. The number of carbonyl (C=O) groups is 1. The molecule has 1 amide bonds. The van der Waals surface area contributed by atoms with E-state index in [9.17, 15) is 9.18 Å². The maximum absolute atomic E-state index is 13.5. The quantitative estimate of drug-likeness (QED) is 0.860. The molecule has 2 N–H and O–H groups in total. The van der Waals surface area contributed by atoms with Crippen LogP contribution in [0.4, 0.5) is 4.39 Å². The average molecular weight is 248 g/mol. The summed E-state index contributed by atoms with van der Waals surface area (Å²) in [7, 11) is 0. The van der Waals surface area contributed by atoms with Crippen LogP contribution in [0.15, 0.2) is 24.3 Å². The van der Waals surface area contributed by atoms with E-state index in [2.05, 4.69) is 10.3 Å². The van der Waals surface area contributed by atoms with Crippen molar-refractivity contribution in [2.45, 2.75) is 32.7 Å². The van der Waals surface area contributed by atoms with Gasteiger partial charge in [-0.2, -0.15) is 0 Å². The van der Waals surface area contributed by atoms with Crippen LogP contribution in [0.1, 0.15) is 37.7 Å². The average Bonchev–Trinajstić information content (AvgIpc) is 2.74. The summed E-state index contributed by atoms with van der Waals surface area (Å²) < 4.78 is 13.5. The zero-order valence-electron chi connectivity index (χ0n) is 10.8. The summed E-state index contributed by atoms with van der Waals surface area (Å²) in [6.45, 7) is 5.91. The molecule has 1 aromatic heterocycles. The molecule has 0 unspecified atom stereocenters. The highest BCUT2D eigenvalue weighted by Crippen LogP contribution is 2.19. The molecule has 0 spiro atoms. The Hall–Kier alpha value is -1.84. The van der Waals surface area contributed by atoms with Crippen molar-refractivity contribution in [3.05, 3.63) is 35.8 Å². The Morgan fingerprint density at radius 1 is 1.44 bits per heavy atom. The van der Waals surface area contributed by atoms with Crippen molar-refractivity contribution >= 4 is 16.8 Å². The number of rotatable bonds is 3. The van der Waals surface area contributed by atoms with Crippen LogP contribution in [0.3, 0.4) is 0 Å². The molecule has 0 radical (unpaired) electrons. The number of fused-ring (bicyclic) bond motifs is 1. The van der Waals surface area contributed by atoms with Gasteiger partial charge in [0, 0.05) is 16.4 Å². The number of nitrogens with one attached hydrogen (secondary N) is 2. The molecular formula is C14H17FN2O. The van der Waals surface area contributed by atoms with Crippen LogP contribution < -0.4 is 5.32 Å². The molecule has 0 aliphatic carbocycles. The Morgan fingerprint density at radius 3 is 2.78 bits per heavy atom. The van der Waals surface area contributed by atoms with Crippen molar-refractivity contribution in [3.8, 4) is 0 Å². The molecule has 0 saturated heterocycles. The van der Waals surface area contributed by atoms with Crippen LogP contribution in [0.25, 0.3) is 10.9 Å². The number of amides is 1. The molecule has 0 saturated carbocycles. The second kappa shape index (κ2) is 4.44. The number of hydrogen-bond donors (Lipinski definition) is 2. The largest absolute Gasteiger partial charge is 0.350 e. The first-order chi connectivity index (χ1) is 8.43. The lowest BCUT2D eigenvalue weighted by molar-refractivity contribution is 0.0907. The monoisotopic (exact) mass is 248 g/mol. The van der Waals surface area contributed by atoms with Crippen LogP contribution >= 0.6 is 0 Å². The Morgan fingerprint density at radius 2 is 2.17 bits per heavy atom. The molecule has 0 bridgehead atoms. The second-order valence-electron chi connectivity index (χ2n) is 5.08. The van der Waals surface area contributed by atoms with Gasteiger partial charge in [-0.25, -0.2) is 4.39 Å². The number of carbonyl (C=O) groups excluding carboxylic acids is 1. The zero-order valence-corrected chi connectivity index (χ0v) is 10.8. The molecule has 0 aliphatic rings. The molecule has 2 rings (SSSR count). The molecule has 4 heteroatoms. The topological polar surface area (TPSA) is 44.9 Å². The van der Waals surface area contributed by atoms with Crippen LogP contribution in [-0.2, 0) is 0 Å². The maximum Gasteiger partial charge on any atom is 0.268 e. The molecule has 0 aliphatic heterocycles. The summed E-state index contributed by atoms with van der Waals surface area (Å²) in [6, 6.07) is 6.30. The van der Waals surface area contributed by atoms with E-state index in [1.807, 2.05) is 20.8 Å². The summed E-state index contributed by atoms with van der Waals surface area (Å²) >= 11 is 0. The van der Waals surface area contributed by atoms with Gasteiger partial charge in [0.15, 0.2) is 0 Å². The minimum absolute atomic E-state index is 0.211. The normalized spacial score (nSPS) is 11.8. The van der Waals surface area contributed by atoms with E-state index < -0.39 is 0 Å². The van der Waals surface area contributed by atoms with Gasteiger partial charge in [-0.1, -0.05) is 13.0 Å². The van der Waals surface area contributed by atoms with E-state index in [1.54, 1.807) is 18.2 Å². The zero-order chi connectivity index (χ0) is 13.3. The molecule has 3 nitrogen and oxygen atoms in total. The lowest BCUT2D eigenvalue weighted by atomic mass is 10.0. The highest BCUT2D eigenvalue weighted by atomic mass is 19.1. The summed E-state index contributed by atoms with van der Waals surface area (Å²) in [5.74, 6) is -0.532. The van der Waals surface area contributed by atoms with Gasteiger partial charge in [0.25, 0.3) is 5.91 Å². The Balaban J connectivity index is 2.32. The molecule has 1 aromatic carbocycles. The minimum Gasteiger partial charge on any atom is -0.350 e. The van der Waals surface area contributed by atoms with Gasteiger partial charge in [-0.05, 0) is 38.5 Å². The Kier molecular flexibility index (Phi) is 3.11. The van der Waals surface area contributed by atoms with Crippen molar-refractivity contribution < 1.29 is 9.18 Å². The molecule has 2 aromatic rings. The van der Waals surface area contributed by atoms with Crippen molar-refractivity contribution in [2.24, 2.45) is 0 Å². The number of halogens is 1. The number of aromatic amines is 1. The minimum atomic E-state index is -0.322. The third-order valence-electron chi connectivity index (χ3n) is 3.19. The molecule has 0 fully saturated rings. The number of benzene rings is 1. The smallest absolute Gasteiger partial charge is 0.268 e. The lowest BCUT2D eigenvalue weighted by Crippen LogP contribution is -2.42. The van der Waals surface area contributed by atoms with Gasteiger partial charge < -0.3 is 10.3 Å². The van der Waals surface area contributed by atoms with Crippen LogP contribution in [0.2, 0.25) is 0 Å². The van der Waals surface area contributed by atoms with Gasteiger partial charge in [0.2, 0.25) is 0 Å². The standard InChI is InChI=1S/C14H17FN2O/c1-4-14(2,3)17-13(18)12-8-9-10(15)6-5-7-11(9)16-12/h5-8,16H,4H2,1-3H3,(H,17,18). The summed E-state index contributed by atoms with van der Waals surface area (Å²) in [5.41, 5.74) is 0.749. The van der Waals surface area contributed by atoms with Gasteiger partial charge >= 0.3 is 0 Å². The molecule has 96 valence electrons. The Bertz CT molecular complexity index is 586. The summed E-state index contributed by atoms with van der Waals surface area (Å²) in [4.78, 5) is 15.0. The summed E-state index contributed by atoms with van der Waals surface area (Å²) in [6.07, 6.45) is 0.827. The first kappa shape index (κ1) is 12.6. The van der Waals surface area contributed by atoms with Gasteiger partial charge in [0.05, 0.1) is 0 Å². The predicted molar refractivity (Wildman–Crippen MR) is 70.1 cm³/mol. The molecular weight excluding hydrogens is 231 g/mol. The third-order valence-corrected chi connectivity index (χ3v) is 3.19. The van der Waals surface area contributed by atoms with Crippen molar-refractivity contribution in [3.63, 3.8) is 0 Å². The maximum atomic E-state index is 13.5. The highest BCUT2D eigenvalue weighted by molar-refractivity contribution is 5.98. The highest BCUT2D eigenvalue weighted by Gasteiger charge is 2.20. The van der Waals surface area contributed by atoms with Crippen molar-refractivity contribution in [1.29, 1.82) is 0 Å². The van der Waals surface area contributed by atoms with Gasteiger partial charge in [-0.3, -0.25) is 4.79 Å². The number of aromatic nitrogens is 1. The fraction of sp³-hybridized carbons (Fsp3) is 0.357. The van der Waals surface area contributed by atoms with Crippen LogP contribution in [-0.4, -0.2) is 16.4 Å². The second-order valence-corrected chi connectivity index (χ2v) is 5.08. The molecule has 1 heterocycles. The van der Waals surface area contributed by atoms with E-state index >= 15 is 0 Å². The van der Waals surface area contributed by atoms with Crippen LogP contribution in [0, 0.1) is 5.82 Å². The van der Waals surface area contributed by atoms with Gasteiger partial charge in [0.1, 0.15) is 11.5 Å². The first-order valence-corrected chi connectivity index (χ1v) is 6.03. The fourth-order valence-electron chi connectivity index (χ4n) is 1.70. The van der Waals surface area contributed by atoms with E-state index in [4.69, 9.17) is 0 Å². The predicted octanol–water partition coefficient (Wildman–Crippen LogP) is 3.23. The number of hydrogen-bond acceptors (Lipinski definition) is 1. The SMILES string of the molecule is CCC(C)(C)NC(=O)c1cc2c(F)cccc2[nH]1. The van der Waals surface area contributed by atoms with Gasteiger partial charge in [-0.15, -0.1) is 0 Å². The van der Waals surface area contributed by atoms with E-state index in [0.717, 1.165) is 6.42 Å². The van der Waals surface area contributed by atoms with Crippen molar-refractivity contribution in [2.75, 3.05) is 0 Å². The van der Waals surface area contributed by atoms with E-state index in [0.29, 0.717) is 16.6 Å². The number of H-pyrrole nitrogens is 1. The molecule has 18 heavy (non-hydrogen) atoms. The fourth-order valence-corrected chi connectivity index (χ4v) is 1.70. The lowest BCUT2D eigenvalue weighted by Gasteiger charge is -2.23. The van der Waals surface area contributed by atoms with Crippen LogP contribution in [0.5, 0.6) is 0 Å². The van der Waals surface area contributed by atoms with E-state index in [-0.39, 0.29) is 17.3 Å². The van der Waals surface area contributed by atoms with E-state index in [1.165, 1.54) is 6.07 Å². The Labute approximate surface area is 105 Å².